The van der Waals surface area contributed by atoms with Crippen LogP contribution in [0, 0.1) is 0 Å². The van der Waals surface area contributed by atoms with Gasteiger partial charge < -0.3 is 0 Å². The summed E-state index contributed by atoms with van der Waals surface area (Å²) in [6.45, 7) is 0. The molecule has 3 rings (SSSR count). The standard InChI is InChI=1S/C18H15O6PS3/c19-26(20)16-7-1-4-13(10-16)25(14-5-2-8-17(11-14)27(21)22)15-6-3-9-18(12-15)28(23)24/h1-12,26-28H. The van der Waals surface area contributed by atoms with Crippen molar-refractivity contribution in [1.82, 2.24) is 0 Å². The highest BCUT2D eigenvalue weighted by Crippen LogP contribution is 2.34. The maximum Gasteiger partial charge on any atom is 0.168 e. The number of thiol groups is 3. The van der Waals surface area contributed by atoms with E-state index in [1.165, 1.54) is 36.4 Å². The molecule has 0 saturated carbocycles. The second-order valence-corrected chi connectivity index (χ2v) is 11.0. The quantitative estimate of drug-likeness (QED) is 0.367. The topological polar surface area (TPSA) is 102 Å². The van der Waals surface area contributed by atoms with E-state index in [0.717, 1.165) is 0 Å². The molecule has 0 aliphatic carbocycles. The van der Waals surface area contributed by atoms with Gasteiger partial charge in [0.05, 0.1) is 14.7 Å². The van der Waals surface area contributed by atoms with Gasteiger partial charge in [-0.1, -0.05) is 36.4 Å². The van der Waals surface area contributed by atoms with Gasteiger partial charge in [-0.05, 0) is 60.2 Å². The van der Waals surface area contributed by atoms with E-state index in [1.807, 2.05) is 0 Å². The van der Waals surface area contributed by atoms with E-state index < -0.39 is 40.0 Å². The van der Waals surface area contributed by atoms with Crippen LogP contribution in [0.15, 0.2) is 87.5 Å². The Morgan fingerprint density at radius 1 is 0.464 bits per heavy atom. The summed E-state index contributed by atoms with van der Waals surface area (Å²) in [7, 11) is -9.74. The lowest BCUT2D eigenvalue weighted by atomic mass is 10.3. The molecular formula is C18H15O6PS3. The van der Waals surface area contributed by atoms with E-state index in [-0.39, 0.29) is 14.7 Å². The van der Waals surface area contributed by atoms with Crippen LogP contribution in [0.2, 0.25) is 0 Å². The normalized spacial score (nSPS) is 11.6. The van der Waals surface area contributed by atoms with Crippen molar-refractivity contribution in [3.05, 3.63) is 72.8 Å². The molecule has 3 aromatic carbocycles. The second kappa shape index (κ2) is 8.96. The fraction of sp³-hybridized carbons (Fsp3) is 0. The van der Waals surface area contributed by atoms with E-state index in [1.54, 1.807) is 36.4 Å². The first-order valence-corrected chi connectivity index (χ1v) is 12.8. The minimum Gasteiger partial charge on any atom is -0.227 e. The molecule has 0 unspecified atom stereocenters. The molecule has 0 atom stereocenters. The van der Waals surface area contributed by atoms with Crippen LogP contribution in [0.3, 0.4) is 0 Å². The second-order valence-electron chi connectivity index (χ2n) is 5.67. The number of hydrogen-bond donors (Lipinski definition) is 3. The number of hydrogen-bond acceptors (Lipinski definition) is 6. The third-order valence-corrected chi connectivity index (χ3v) is 8.38. The molecule has 146 valence electrons. The summed E-state index contributed by atoms with van der Waals surface area (Å²) in [6.07, 6.45) is 0. The average molecular weight is 454 g/mol. The Kier molecular flexibility index (Phi) is 6.61. The summed E-state index contributed by atoms with van der Waals surface area (Å²) in [5.74, 6) is 0. The molecule has 3 aromatic rings. The van der Waals surface area contributed by atoms with E-state index in [4.69, 9.17) is 0 Å². The van der Waals surface area contributed by atoms with E-state index in [0.29, 0.717) is 15.9 Å². The highest BCUT2D eigenvalue weighted by Gasteiger charge is 2.19. The van der Waals surface area contributed by atoms with Gasteiger partial charge in [-0.3, -0.25) is 0 Å². The molecule has 10 heteroatoms. The maximum atomic E-state index is 11.4. The van der Waals surface area contributed by atoms with Crippen molar-refractivity contribution in [2.75, 3.05) is 0 Å². The molecule has 0 heterocycles. The molecule has 28 heavy (non-hydrogen) atoms. The molecular weight excluding hydrogens is 439 g/mol. The first kappa shape index (κ1) is 20.7. The van der Waals surface area contributed by atoms with Crippen LogP contribution in [0.5, 0.6) is 0 Å². The van der Waals surface area contributed by atoms with Crippen LogP contribution in [0.25, 0.3) is 0 Å². The fourth-order valence-electron chi connectivity index (χ4n) is 2.68. The molecule has 0 aromatic heterocycles. The summed E-state index contributed by atoms with van der Waals surface area (Å²) in [5.41, 5.74) is 0. The molecule has 6 nitrogen and oxygen atoms in total. The summed E-state index contributed by atoms with van der Waals surface area (Å²) in [6, 6.07) is 19.1. The van der Waals surface area contributed by atoms with Crippen LogP contribution < -0.4 is 15.9 Å². The van der Waals surface area contributed by atoms with Crippen LogP contribution in [0.4, 0.5) is 0 Å². The van der Waals surface area contributed by atoms with Crippen molar-refractivity contribution in [3.63, 3.8) is 0 Å². The van der Waals surface area contributed by atoms with Gasteiger partial charge in [0, 0.05) is 0 Å². The molecule has 0 radical (unpaired) electrons. The molecule has 0 spiro atoms. The molecule has 0 saturated heterocycles. The van der Waals surface area contributed by atoms with Crippen molar-refractivity contribution < 1.29 is 25.3 Å². The van der Waals surface area contributed by atoms with Crippen LogP contribution >= 0.6 is 7.92 Å². The fourth-order valence-corrected chi connectivity index (χ4v) is 6.75. The lowest BCUT2D eigenvalue weighted by Crippen LogP contribution is -2.21. The van der Waals surface area contributed by atoms with Crippen LogP contribution in [0.1, 0.15) is 0 Å². The van der Waals surface area contributed by atoms with Gasteiger partial charge in [0.1, 0.15) is 0 Å². The summed E-state index contributed by atoms with van der Waals surface area (Å²) < 4.78 is 68.5. The van der Waals surface area contributed by atoms with Crippen molar-refractivity contribution in [2.45, 2.75) is 14.7 Å². The van der Waals surface area contributed by atoms with Crippen LogP contribution in [-0.2, 0) is 32.1 Å². The average Bonchev–Trinajstić information content (AvgIpc) is 2.69. The highest BCUT2D eigenvalue weighted by atomic mass is 32.2. The van der Waals surface area contributed by atoms with Crippen molar-refractivity contribution >= 4 is 55.9 Å². The minimum atomic E-state index is -2.79. The van der Waals surface area contributed by atoms with E-state index in [9.17, 15) is 25.3 Å². The van der Waals surface area contributed by atoms with Gasteiger partial charge in [-0.25, -0.2) is 25.3 Å². The van der Waals surface area contributed by atoms with E-state index >= 15 is 0 Å². The first-order valence-electron chi connectivity index (χ1n) is 7.90. The highest BCUT2D eigenvalue weighted by molar-refractivity contribution is 7.80. The lowest BCUT2D eigenvalue weighted by molar-refractivity contribution is 0.613. The minimum absolute atomic E-state index is 0.136. The van der Waals surface area contributed by atoms with Crippen molar-refractivity contribution in [1.29, 1.82) is 0 Å². The zero-order chi connectivity index (χ0) is 20.3. The lowest BCUT2D eigenvalue weighted by Gasteiger charge is -2.20. The monoisotopic (exact) mass is 454 g/mol. The molecule has 0 aliphatic heterocycles. The van der Waals surface area contributed by atoms with Gasteiger partial charge in [0.25, 0.3) is 0 Å². The summed E-state index contributed by atoms with van der Waals surface area (Å²) >= 11 is 0. The van der Waals surface area contributed by atoms with Gasteiger partial charge in [0.2, 0.25) is 0 Å². The predicted molar refractivity (Wildman–Crippen MR) is 111 cm³/mol. The van der Waals surface area contributed by atoms with Gasteiger partial charge >= 0.3 is 0 Å². The van der Waals surface area contributed by atoms with Gasteiger partial charge in [-0.15, -0.1) is 0 Å². The van der Waals surface area contributed by atoms with Crippen LogP contribution in [-0.4, -0.2) is 25.3 Å². The maximum absolute atomic E-state index is 11.4. The molecule has 0 fully saturated rings. The summed E-state index contributed by atoms with van der Waals surface area (Å²) in [4.78, 5) is 0.409. The Bertz CT molecular complexity index is 1080. The molecule has 0 N–H and O–H groups in total. The Morgan fingerprint density at radius 2 is 0.750 bits per heavy atom. The Morgan fingerprint density at radius 3 is 1.00 bits per heavy atom. The molecule has 0 aliphatic rings. The smallest absolute Gasteiger partial charge is 0.168 e. The Hall–Kier alpha value is -2.06. The summed E-state index contributed by atoms with van der Waals surface area (Å²) in [5, 5.41) is 2.01. The first-order chi connectivity index (χ1) is 13.4. The van der Waals surface area contributed by atoms with Gasteiger partial charge in [0.15, 0.2) is 32.1 Å². The Balaban J connectivity index is 2.27. The predicted octanol–water partition coefficient (Wildman–Crippen LogP) is 0.356. The Labute approximate surface area is 168 Å². The third kappa shape index (κ3) is 4.67. The largest absolute Gasteiger partial charge is 0.227 e. The zero-order valence-corrected chi connectivity index (χ0v) is 17.7. The number of benzene rings is 3. The molecule has 0 bridgehead atoms. The SMILES string of the molecule is O=[SH](=O)c1cccc(P(c2cccc([SH](=O)=O)c2)c2cccc([SH](=O)=O)c2)c1. The number of rotatable bonds is 6. The molecule has 0 amide bonds. The van der Waals surface area contributed by atoms with Crippen molar-refractivity contribution in [2.24, 2.45) is 0 Å². The zero-order valence-electron chi connectivity index (χ0n) is 14.2. The van der Waals surface area contributed by atoms with Crippen molar-refractivity contribution in [3.8, 4) is 0 Å². The third-order valence-electron chi connectivity index (χ3n) is 3.90. The van der Waals surface area contributed by atoms with E-state index in [2.05, 4.69) is 0 Å². The van der Waals surface area contributed by atoms with Gasteiger partial charge in [-0.2, -0.15) is 0 Å².